The van der Waals surface area contributed by atoms with Gasteiger partial charge < -0.3 is 15.4 Å². The third-order valence-corrected chi connectivity index (χ3v) is 4.53. The van der Waals surface area contributed by atoms with Gasteiger partial charge in [-0.1, -0.05) is 13.8 Å². The van der Waals surface area contributed by atoms with E-state index in [0.717, 1.165) is 6.42 Å². The van der Waals surface area contributed by atoms with Gasteiger partial charge in [-0.2, -0.15) is 0 Å². The van der Waals surface area contributed by atoms with Crippen LogP contribution in [0.15, 0.2) is 22.7 Å². The molecule has 0 aliphatic carbocycles. The summed E-state index contributed by atoms with van der Waals surface area (Å²) in [6, 6.07) is 4.22. The Labute approximate surface area is 144 Å². The fourth-order valence-electron chi connectivity index (χ4n) is 2.41. The number of nitrogens with zero attached hydrogens (tertiary/aromatic N) is 1. The normalized spacial score (nSPS) is 20.2. The summed E-state index contributed by atoms with van der Waals surface area (Å²) in [5.74, 6) is 0.0243. The number of carbonyl (C=O) groups excluding carboxylic acids is 1. The second-order valence-electron chi connectivity index (χ2n) is 6.06. The molecule has 0 bridgehead atoms. The van der Waals surface area contributed by atoms with Crippen LogP contribution in [0.25, 0.3) is 0 Å². The second kappa shape index (κ2) is 7.62. The molecule has 1 saturated heterocycles. The van der Waals surface area contributed by atoms with Gasteiger partial charge in [-0.05, 0) is 46.0 Å². The summed E-state index contributed by atoms with van der Waals surface area (Å²) >= 11 is 3.21. The first kappa shape index (κ1) is 19.2. The number of halogens is 3. The highest BCUT2D eigenvalue weighted by atomic mass is 79.9. The van der Waals surface area contributed by atoms with Crippen molar-refractivity contribution in [2.75, 3.05) is 19.7 Å². The lowest BCUT2D eigenvalue weighted by atomic mass is 9.80. The fraction of sp³-hybridized carbons (Fsp3) is 0.533. The molecule has 1 heterocycles. The highest BCUT2D eigenvalue weighted by molar-refractivity contribution is 9.10. The summed E-state index contributed by atoms with van der Waals surface area (Å²) < 4.78 is 18.9. The number of amides is 1. The summed E-state index contributed by atoms with van der Waals surface area (Å²) in [6.07, 6.45) is 0.791. The van der Waals surface area contributed by atoms with Gasteiger partial charge in [-0.3, -0.25) is 4.79 Å². The largest absolute Gasteiger partial charge is 0.483 e. The Morgan fingerprint density at radius 3 is 2.82 bits per heavy atom. The maximum absolute atomic E-state index is 13.0. The molecule has 1 atom stereocenters. The molecule has 0 spiro atoms. The van der Waals surface area contributed by atoms with Crippen LogP contribution in [-0.2, 0) is 4.79 Å². The Bertz CT molecular complexity index is 542. The molecule has 2 rings (SSSR count). The van der Waals surface area contributed by atoms with Gasteiger partial charge in [-0.15, -0.1) is 12.4 Å². The van der Waals surface area contributed by atoms with Crippen LogP contribution in [0.5, 0.6) is 5.75 Å². The van der Waals surface area contributed by atoms with Gasteiger partial charge in [0.1, 0.15) is 11.6 Å². The lowest BCUT2D eigenvalue weighted by Crippen LogP contribution is -2.54. The van der Waals surface area contributed by atoms with E-state index in [1.54, 1.807) is 4.90 Å². The number of piperidine rings is 1. The molecule has 4 nitrogen and oxygen atoms in total. The second-order valence-corrected chi connectivity index (χ2v) is 6.92. The lowest BCUT2D eigenvalue weighted by Gasteiger charge is -2.42. The first-order valence-corrected chi connectivity index (χ1v) is 7.70. The Balaban J connectivity index is 0.00000242. The van der Waals surface area contributed by atoms with Crippen molar-refractivity contribution in [2.24, 2.45) is 11.1 Å². The summed E-state index contributed by atoms with van der Waals surface area (Å²) in [5.41, 5.74) is 5.97. The number of hydrogen-bond acceptors (Lipinski definition) is 3. The average Bonchev–Trinajstić information content (AvgIpc) is 2.40. The number of carbonyl (C=O) groups is 1. The molecule has 2 N–H and O–H groups in total. The van der Waals surface area contributed by atoms with E-state index in [1.165, 1.54) is 18.2 Å². The molecule has 1 aromatic carbocycles. The summed E-state index contributed by atoms with van der Waals surface area (Å²) in [4.78, 5) is 14.0. The zero-order valence-electron chi connectivity index (χ0n) is 12.6. The van der Waals surface area contributed by atoms with E-state index in [0.29, 0.717) is 23.3 Å². The molecule has 1 fully saturated rings. The highest BCUT2D eigenvalue weighted by Gasteiger charge is 2.35. The van der Waals surface area contributed by atoms with Crippen molar-refractivity contribution in [3.8, 4) is 5.75 Å². The minimum absolute atomic E-state index is 0. The van der Waals surface area contributed by atoms with Gasteiger partial charge in [0, 0.05) is 19.1 Å². The van der Waals surface area contributed by atoms with Gasteiger partial charge in [0.2, 0.25) is 0 Å². The topological polar surface area (TPSA) is 55.6 Å². The lowest BCUT2D eigenvalue weighted by molar-refractivity contribution is -0.136. The van der Waals surface area contributed by atoms with Gasteiger partial charge in [0.05, 0.1) is 4.47 Å². The van der Waals surface area contributed by atoms with Crippen molar-refractivity contribution in [3.63, 3.8) is 0 Å². The van der Waals surface area contributed by atoms with Crippen molar-refractivity contribution in [3.05, 3.63) is 28.5 Å². The average molecular weight is 396 g/mol. The van der Waals surface area contributed by atoms with E-state index in [9.17, 15) is 9.18 Å². The standard InChI is InChI=1S/C15H20BrFN2O2.ClH/c1-15(2)9-19(6-5-13(15)18)14(20)8-21-12-4-3-10(17)7-11(12)16;/h3-4,7,13H,5-6,8-9,18H2,1-2H3;1H. The van der Waals surface area contributed by atoms with Crippen LogP contribution in [0, 0.1) is 11.2 Å². The smallest absolute Gasteiger partial charge is 0.260 e. The summed E-state index contributed by atoms with van der Waals surface area (Å²) in [6.45, 7) is 5.34. The Morgan fingerprint density at radius 2 is 2.23 bits per heavy atom. The Morgan fingerprint density at radius 1 is 1.55 bits per heavy atom. The van der Waals surface area contributed by atoms with Crippen LogP contribution >= 0.6 is 28.3 Å². The molecule has 0 radical (unpaired) electrons. The highest BCUT2D eigenvalue weighted by Crippen LogP contribution is 2.28. The van der Waals surface area contributed by atoms with Gasteiger partial charge in [0.15, 0.2) is 6.61 Å². The number of rotatable bonds is 3. The molecule has 7 heteroatoms. The van der Waals surface area contributed by atoms with E-state index in [1.807, 2.05) is 0 Å². The molecule has 1 amide bonds. The van der Waals surface area contributed by atoms with E-state index < -0.39 is 0 Å². The van der Waals surface area contributed by atoms with Crippen molar-refractivity contribution in [1.82, 2.24) is 4.90 Å². The van der Waals surface area contributed by atoms with Crippen molar-refractivity contribution in [2.45, 2.75) is 26.3 Å². The van der Waals surface area contributed by atoms with Crippen molar-refractivity contribution >= 4 is 34.2 Å². The predicted molar refractivity (Wildman–Crippen MR) is 89.8 cm³/mol. The molecular formula is C15H21BrClFN2O2. The van der Waals surface area contributed by atoms with Crippen LogP contribution in [-0.4, -0.2) is 36.5 Å². The number of nitrogens with two attached hydrogens (primary N) is 1. The van der Waals surface area contributed by atoms with E-state index in [2.05, 4.69) is 29.8 Å². The molecule has 0 aromatic heterocycles. The maximum Gasteiger partial charge on any atom is 0.260 e. The van der Waals surface area contributed by atoms with Gasteiger partial charge in [0.25, 0.3) is 5.91 Å². The zero-order valence-corrected chi connectivity index (χ0v) is 15.0. The van der Waals surface area contributed by atoms with Crippen LogP contribution in [0.3, 0.4) is 0 Å². The Hall–Kier alpha value is -0.850. The first-order chi connectivity index (χ1) is 9.79. The number of benzene rings is 1. The van der Waals surface area contributed by atoms with Crippen LogP contribution in [0.1, 0.15) is 20.3 Å². The summed E-state index contributed by atoms with van der Waals surface area (Å²) in [5, 5.41) is 0. The monoisotopic (exact) mass is 394 g/mol. The first-order valence-electron chi connectivity index (χ1n) is 6.91. The molecule has 1 aliphatic rings. The minimum atomic E-state index is -0.354. The number of ether oxygens (including phenoxy) is 1. The molecule has 1 unspecified atom stereocenters. The predicted octanol–water partition coefficient (Wildman–Crippen LogP) is 2.97. The van der Waals surface area contributed by atoms with Gasteiger partial charge >= 0.3 is 0 Å². The minimum Gasteiger partial charge on any atom is -0.483 e. The third kappa shape index (κ3) is 4.57. The van der Waals surface area contributed by atoms with Gasteiger partial charge in [-0.25, -0.2) is 4.39 Å². The molecule has 124 valence electrons. The maximum atomic E-state index is 13.0. The van der Waals surface area contributed by atoms with E-state index >= 15 is 0 Å². The third-order valence-electron chi connectivity index (χ3n) is 3.91. The quantitative estimate of drug-likeness (QED) is 0.856. The van der Waals surface area contributed by atoms with Crippen molar-refractivity contribution < 1.29 is 13.9 Å². The number of likely N-dealkylation sites (tertiary alicyclic amines) is 1. The van der Waals surface area contributed by atoms with Crippen LogP contribution < -0.4 is 10.5 Å². The van der Waals surface area contributed by atoms with Crippen LogP contribution in [0.2, 0.25) is 0 Å². The zero-order chi connectivity index (χ0) is 15.6. The molecule has 22 heavy (non-hydrogen) atoms. The fourth-order valence-corrected chi connectivity index (χ4v) is 2.88. The SMILES string of the molecule is CC1(C)CN(C(=O)COc2ccc(F)cc2Br)CCC1N.Cl. The number of hydrogen-bond donors (Lipinski definition) is 1. The molecule has 0 saturated carbocycles. The van der Waals surface area contributed by atoms with Crippen molar-refractivity contribution in [1.29, 1.82) is 0 Å². The van der Waals surface area contributed by atoms with E-state index in [-0.39, 0.29) is 42.2 Å². The molecule has 1 aliphatic heterocycles. The Kier molecular flexibility index (Phi) is 6.65. The van der Waals surface area contributed by atoms with E-state index in [4.69, 9.17) is 10.5 Å². The van der Waals surface area contributed by atoms with Crippen LogP contribution in [0.4, 0.5) is 4.39 Å². The molecule has 1 aromatic rings. The molecular weight excluding hydrogens is 375 g/mol. The summed E-state index contributed by atoms with van der Waals surface area (Å²) in [7, 11) is 0.